The molecule has 0 N–H and O–H groups in total. The van der Waals surface area contributed by atoms with E-state index < -0.39 is 22.4 Å². The lowest BCUT2D eigenvalue weighted by molar-refractivity contribution is -0.140. The lowest BCUT2D eigenvalue weighted by Crippen LogP contribution is -2.10. The van der Waals surface area contributed by atoms with Crippen LogP contribution in [0.15, 0.2) is 36.4 Å². The van der Waals surface area contributed by atoms with Gasteiger partial charge in [0.2, 0.25) is 0 Å². The molecular weight excluding hydrogens is 395 g/mol. The standard InChI is InChI=1S/C14H7BrCl2F4/c15-12(8-5-4-7(16)6-11(8)17)9-2-1-3-10(13(9)18)14(19,20)21/h1-6,12H. The molecule has 0 aromatic heterocycles. The fraction of sp³-hybridized carbons (Fsp3) is 0.143. The largest absolute Gasteiger partial charge is 0.419 e. The molecule has 0 saturated carbocycles. The van der Waals surface area contributed by atoms with Gasteiger partial charge in [0.05, 0.1) is 10.4 Å². The van der Waals surface area contributed by atoms with Crippen molar-refractivity contribution in [1.82, 2.24) is 0 Å². The lowest BCUT2D eigenvalue weighted by Gasteiger charge is -2.16. The van der Waals surface area contributed by atoms with Crippen LogP contribution in [-0.2, 0) is 6.18 Å². The molecule has 0 saturated heterocycles. The first kappa shape index (κ1) is 16.6. The van der Waals surface area contributed by atoms with E-state index in [0.29, 0.717) is 16.7 Å². The number of benzene rings is 2. The van der Waals surface area contributed by atoms with Gasteiger partial charge in [-0.3, -0.25) is 0 Å². The van der Waals surface area contributed by atoms with Crippen LogP contribution in [0, 0.1) is 5.82 Å². The first-order valence-electron chi connectivity index (χ1n) is 5.66. The van der Waals surface area contributed by atoms with Crippen LogP contribution in [0.5, 0.6) is 0 Å². The van der Waals surface area contributed by atoms with Crippen LogP contribution in [0.25, 0.3) is 0 Å². The molecule has 0 nitrogen and oxygen atoms in total. The average molecular weight is 402 g/mol. The molecule has 21 heavy (non-hydrogen) atoms. The Morgan fingerprint density at radius 2 is 1.67 bits per heavy atom. The molecule has 0 fully saturated rings. The quantitative estimate of drug-likeness (QED) is 0.391. The third-order valence-electron chi connectivity index (χ3n) is 2.84. The Bertz CT molecular complexity index is 671. The molecule has 0 heterocycles. The zero-order valence-corrected chi connectivity index (χ0v) is 13.3. The number of alkyl halides is 4. The number of hydrogen-bond donors (Lipinski definition) is 0. The molecule has 0 aliphatic carbocycles. The fourth-order valence-corrected chi connectivity index (χ4v) is 3.24. The first-order chi connectivity index (χ1) is 9.71. The summed E-state index contributed by atoms with van der Waals surface area (Å²) in [6.07, 6.45) is -4.75. The summed E-state index contributed by atoms with van der Waals surface area (Å²) in [5.74, 6) is -1.32. The highest BCUT2D eigenvalue weighted by molar-refractivity contribution is 9.09. The van der Waals surface area contributed by atoms with Crippen LogP contribution in [0.2, 0.25) is 10.0 Å². The molecule has 1 unspecified atom stereocenters. The van der Waals surface area contributed by atoms with Crippen molar-refractivity contribution in [2.75, 3.05) is 0 Å². The van der Waals surface area contributed by atoms with Gasteiger partial charge in [-0.15, -0.1) is 0 Å². The van der Waals surface area contributed by atoms with Crippen molar-refractivity contribution in [3.63, 3.8) is 0 Å². The molecule has 2 aromatic carbocycles. The third kappa shape index (κ3) is 3.52. The van der Waals surface area contributed by atoms with Crippen molar-refractivity contribution in [2.24, 2.45) is 0 Å². The Balaban J connectivity index is 2.51. The Labute approximate surface area is 136 Å². The minimum absolute atomic E-state index is 0.144. The van der Waals surface area contributed by atoms with Crippen LogP contribution in [0.1, 0.15) is 21.5 Å². The molecule has 2 rings (SSSR count). The number of rotatable bonds is 2. The maximum atomic E-state index is 14.1. The van der Waals surface area contributed by atoms with E-state index in [9.17, 15) is 17.6 Å². The molecule has 0 amide bonds. The van der Waals surface area contributed by atoms with Crippen molar-refractivity contribution in [3.05, 3.63) is 69.0 Å². The van der Waals surface area contributed by atoms with Gasteiger partial charge in [0, 0.05) is 15.6 Å². The molecule has 0 bridgehead atoms. The second-order valence-electron chi connectivity index (χ2n) is 4.23. The maximum absolute atomic E-state index is 14.1. The highest BCUT2D eigenvalue weighted by atomic mass is 79.9. The summed E-state index contributed by atoms with van der Waals surface area (Å²) in [5, 5.41) is 0.620. The Kier molecular flexibility index (Phi) is 4.85. The van der Waals surface area contributed by atoms with E-state index in [1.807, 2.05) is 0 Å². The molecule has 7 heteroatoms. The zero-order chi connectivity index (χ0) is 15.8. The molecular formula is C14H7BrCl2F4. The smallest absolute Gasteiger partial charge is 0.206 e. The van der Waals surface area contributed by atoms with Crippen molar-refractivity contribution in [1.29, 1.82) is 0 Å². The van der Waals surface area contributed by atoms with Gasteiger partial charge in [-0.25, -0.2) is 4.39 Å². The SMILES string of the molecule is Fc1c(C(Br)c2ccc(Cl)cc2Cl)cccc1C(F)(F)F. The van der Waals surface area contributed by atoms with Crippen LogP contribution < -0.4 is 0 Å². The minimum atomic E-state index is -4.75. The lowest BCUT2D eigenvalue weighted by atomic mass is 10.0. The van der Waals surface area contributed by atoms with Crippen molar-refractivity contribution >= 4 is 39.1 Å². The highest BCUT2D eigenvalue weighted by Gasteiger charge is 2.35. The summed E-state index contributed by atoms with van der Waals surface area (Å²) >= 11 is 14.9. The van der Waals surface area contributed by atoms with Gasteiger partial charge in [-0.05, 0) is 23.8 Å². The Morgan fingerprint density at radius 3 is 2.24 bits per heavy atom. The third-order valence-corrected chi connectivity index (χ3v) is 4.39. The second kappa shape index (κ2) is 6.15. The summed E-state index contributed by atoms with van der Waals surface area (Å²) < 4.78 is 52.3. The van der Waals surface area contributed by atoms with E-state index in [1.54, 1.807) is 0 Å². The van der Waals surface area contributed by atoms with E-state index in [-0.39, 0.29) is 10.6 Å². The van der Waals surface area contributed by atoms with Crippen LogP contribution in [0.4, 0.5) is 17.6 Å². The molecule has 0 radical (unpaired) electrons. The van der Waals surface area contributed by atoms with Gasteiger partial charge in [-0.2, -0.15) is 13.2 Å². The molecule has 2 aromatic rings. The van der Waals surface area contributed by atoms with Crippen molar-refractivity contribution < 1.29 is 17.6 Å². The molecule has 0 aliphatic rings. The average Bonchev–Trinajstić information content (AvgIpc) is 2.37. The summed E-state index contributed by atoms with van der Waals surface area (Å²) in [5.41, 5.74) is -1.03. The Morgan fingerprint density at radius 1 is 1.00 bits per heavy atom. The Hall–Kier alpha value is -0.780. The van der Waals surface area contributed by atoms with Gasteiger partial charge in [-0.1, -0.05) is 57.3 Å². The topological polar surface area (TPSA) is 0 Å². The normalized spacial score (nSPS) is 13.3. The molecule has 0 spiro atoms. The van der Waals surface area contributed by atoms with E-state index in [4.69, 9.17) is 23.2 Å². The van der Waals surface area contributed by atoms with E-state index in [0.717, 1.165) is 6.07 Å². The first-order valence-corrected chi connectivity index (χ1v) is 7.33. The van der Waals surface area contributed by atoms with Crippen molar-refractivity contribution in [2.45, 2.75) is 11.0 Å². The van der Waals surface area contributed by atoms with E-state index >= 15 is 0 Å². The summed E-state index contributed by atoms with van der Waals surface area (Å²) in [7, 11) is 0. The predicted octanol–water partition coefficient (Wildman–Crippen LogP) is 6.64. The second-order valence-corrected chi connectivity index (χ2v) is 5.99. The van der Waals surface area contributed by atoms with E-state index in [1.165, 1.54) is 24.3 Å². The monoisotopic (exact) mass is 400 g/mol. The summed E-state index contributed by atoms with van der Waals surface area (Å²) in [4.78, 5) is -0.815. The van der Waals surface area contributed by atoms with Crippen LogP contribution >= 0.6 is 39.1 Å². The highest BCUT2D eigenvalue weighted by Crippen LogP contribution is 2.40. The van der Waals surface area contributed by atoms with Gasteiger partial charge < -0.3 is 0 Å². The minimum Gasteiger partial charge on any atom is -0.206 e. The van der Waals surface area contributed by atoms with Gasteiger partial charge in [0.15, 0.2) is 0 Å². The fourth-order valence-electron chi connectivity index (χ4n) is 1.84. The summed E-state index contributed by atoms with van der Waals surface area (Å²) in [6, 6.07) is 7.63. The van der Waals surface area contributed by atoms with Gasteiger partial charge >= 0.3 is 6.18 Å². The summed E-state index contributed by atoms with van der Waals surface area (Å²) in [6.45, 7) is 0. The maximum Gasteiger partial charge on any atom is 0.419 e. The van der Waals surface area contributed by atoms with Crippen LogP contribution in [0.3, 0.4) is 0 Å². The molecule has 1 atom stereocenters. The molecule has 0 aliphatic heterocycles. The predicted molar refractivity (Wildman–Crippen MR) is 78.6 cm³/mol. The molecule has 112 valence electrons. The zero-order valence-electron chi connectivity index (χ0n) is 10.2. The van der Waals surface area contributed by atoms with Gasteiger partial charge in [0.25, 0.3) is 0 Å². The van der Waals surface area contributed by atoms with Crippen molar-refractivity contribution in [3.8, 4) is 0 Å². The van der Waals surface area contributed by atoms with Gasteiger partial charge in [0.1, 0.15) is 5.82 Å². The number of halogens is 7. The van der Waals surface area contributed by atoms with Crippen LogP contribution in [-0.4, -0.2) is 0 Å². The van der Waals surface area contributed by atoms with E-state index in [2.05, 4.69) is 15.9 Å². The number of hydrogen-bond acceptors (Lipinski definition) is 0.